The van der Waals surface area contributed by atoms with Gasteiger partial charge in [-0.1, -0.05) is 24.0 Å². The molecule has 1 N–H and O–H groups in total. The lowest BCUT2D eigenvalue weighted by Gasteiger charge is -2.26. The maximum atomic E-state index is 12.6. The average Bonchev–Trinajstić information content (AvgIpc) is 2.99. The fourth-order valence-corrected chi connectivity index (χ4v) is 3.73. The van der Waals surface area contributed by atoms with Crippen molar-refractivity contribution in [1.82, 2.24) is 10.2 Å². The van der Waals surface area contributed by atoms with Gasteiger partial charge in [0, 0.05) is 30.4 Å². The van der Waals surface area contributed by atoms with Crippen molar-refractivity contribution in [3.8, 4) is 11.8 Å². The van der Waals surface area contributed by atoms with Crippen LogP contribution in [0.1, 0.15) is 34.5 Å². The highest BCUT2D eigenvalue weighted by molar-refractivity contribution is 7.11. The molecule has 2 heterocycles. The Labute approximate surface area is 146 Å². The van der Waals surface area contributed by atoms with Gasteiger partial charge in [-0.3, -0.25) is 9.59 Å². The van der Waals surface area contributed by atoms with Crippen LogP contribution >= 0.6 is 11.3 Å². The lowest BCUT2D eigenvalue weighted by molar-refractivity contribution is -0.121. The van der Waals surface area contributed by atoms with Crippen LogP contribution in [-0.2, 0) is 4.79 Å². The lowest BCUT2D eigenvalue weighted by atomic mass is 10.1. The summed E-state index contributed by atoms with van der Waals surface area (Å²) >= 11 is 1.54. The Morgan fingerprint density at radius 3 is 2.83 bits per heavy atom. The Morgan fingerprint density at radius 1 is 1.29 bits per heavy atom. The molecule has 24 heavy (non-hydrogen) atoms. The zero-order chi connectivity index (χ0) is 16.9. The summed E-state index contributed by atoms with van der Waals surface area (Å²) in [6, 6.07) is 1.93. The number of hydrogen-bond acceptors (Lipinski definition) is 3. The summed E-state index contributed by atoms with van der Waals surface area (Å²) in [7, 11) is 1.61. The fraction of sp³-hybridized carbons (Fsp3) is 0.368. The molecule has 3 rings (SSSR count). The predicted molar refractivity (Wildman–Crippen MR) is 96.5 cm³/mol. The molecule has 124 valence electrons. The van der Waals surface area contributed by atoms with Crippen molar-refractivity contribution < 1.29 is 9.59 Å². The molecular formula is C19H20N2O2S. The summed E-state index contributed by atoms with van der Waals surface area (Å²) in [5.74, 6) is 5.43. The SMILES string of the molecule is CNC(=O)C1C#CC=C(c2cc(C(=O)N3CCCCC3)cs2)C=C1. The Bertz CT molecular complexity index is 758. The van der Waals surface area contributed by atoms with Gasteiger partial charge in [0.05, 0.1) is 5.56 Å². The minimum atomic E-state index is -0.432. The first-order valence-corrected chi connectivity index (χ1v) is 9.06. The fourth-order valence-electron chi connectivity index (χ4n) is 2.85. The monoisotopic (exact) mass is 340 g/mol. The largest absolute Gasteiger partial charge is 0.358 e. The van der Waals surface area contributed by atoms with Crippen molar-refractivity contribution in [3.05, 3.63) is 40.1 Å². The number of carbonyl (C=O) groups excluding carboxylic acids is 2. The third kappa shape index (κ3) is 3.60. The Morgan fingerprint density at radius 2 is 2.08 bits per heavy atom. The molecule has 1 aliphatic heterocycles. The number of nitrogens with zero attached hydrogens (tertiary/aromatic N) is 1. The first kappa shape index (κ1) is 16.5. The van der Waals surface area contributed by atoms with E-state index < -0.39 is 5.92 Å². The van der Waals surface area contributed by atoms with Crippen LogP contribution in [0.5, 0.6) is 0 Å². The highest BCUT2D eigenvalue weighted by Gasteiger charge is 2.20. The van der Waals surface area contributed by atoms with E-state index in [4.69, 9.17) is 0 Å². The molecule has 2 amide bonds. The molecule has 5 heteroatoms. The number of hydrogen-bond donors (Lipinski definition) is 1. The van der Waals surface area contributed by atoms with E-state index in [1.807, 2.05) is 22.4 Å². The van der Waals surface area contributed by atoms with Gasteiger partial charge < -0.3 is 10.2 Å². The van der Waals surface area contributed by atoms with E-state index in [1.165, 1.54) is 17.8 Å². The molecule has 0 saturated carbocycles. The summed E-state index contributed by atoms with van der Waals surface area (Å²) in [6.07, 6.45) is 8.90. The normalized spacial score (nSPS) is 19.8. The van der Waals surface area contributed by atoms with E-state index in [9.17, 15) is 9.59 Å². The summed E-state index contributed by atoms with van der Waals surface area (Å²) in [5, 5.41) is 4.52. The molecule has 1 saturated heterocycles. The second-order valence-electron chi connectivity index (χ2n) is 5.89. The average molecular weight is 340 g/mol. The van der Waals surface area contributed by atoms with Gasteiger partial charge in [-0.25, -0.2) is 0 Å². The number of thiophene rings is 1. The molecule has 0 spiro atoms. The molecule has 4 nitrogen and oxygen atoms in total. The highest BCUT2D eigenvalue weighted by atomic mass is 32.1. The van der Waals surface area contributed by atoms with Gasteiger partial charge in [-0.2, -0.15) is 0 Å². The second kappa shape index (κ2) is 7.50. The first-order chi connectivity index (χ1) is 11.7. The topological polar surface area (TPSA) is 49.4 Å². The van der Waals surface area contributed by atoms with E-state index in [0.29, 0.717) is 0 Å². The van der Waals surface area contributed by atoms with Crippen LogP contribution < -0.4 is 5.32 Å². The number of rotatable bonds is 3. The van der Waals surface area contributed by atoms with Gasteiger partial charge in [0.1, 0.15) is 5.92 Å². The number of amides is 2. The second-order valence-corrected chi connectivity index (χ2v) is 6.80. The molecule has 1 aliphatic carbocycles. The first-order valence-electron chi connectivity index (χ1n) is 8.18. The van der Waals surface area contributed by atoms with E-state index in [-0.39, 0.29) is 11.8 Å². The van der Waals surface area contributed by atoms with Crippen LogP contribution in [0.2, 0.25) is 0 Å². The minimum Gasteiger partial charge on any atom is -0.358 e. The van der Waals surface area contributed by atoms with Crippen LogP contribution in [0.4, 0.5) is 0 Å². The number of nitrogens with one attached hydrogen (secondary N) is 1. The van der Waals surface area contributed by atoms with Crippen LogP contribution in [0.3, 0.4) is 0 Å². The van der Waals surface area contributed by atoms with Crippen LogP contribution in [0, 0.1) is 17.8 Å². The molecule has 0 bridgehead atoms. The van der Waals surface area contributed by atoms with Gasteiger partial charge in [-0.05, 0) is 37.0 Å². The van der Waals surface area contributed by atoms with Gasteiger partial charge in [0.15, 0.2) is 0 Å². The molecule has 1 unspecified atom stereocenters. The molecule has 2 aliphatic rings. The summed E-state index contributed by atoms with van der Waals surface area (Å²) in [4.78, 5) is 27.2. The third-order valence-electron chi connectivity index (χ3n) is 4.24. The van der Waals surface area contributed by atoms with Crippen molar-refractivity contribution >= 4 is 28.7 Å². The quantitative estimate of drug-likeness (QED) is 0.860. The number of allylic oxidation sites excluding steroid dienone is 3. The Hall–Kier alpha value is -2.32. The molecular weight excluding hydrogens is 320 g/mol. The minimum absolute atomic E-state index is 0.111. The van der Waals surface area contributed by atoms with Gasteiger partial charge in [0.2, 0.25) is 5.91 Å². The number of piperidine rings is 1. The van der Waals surface area contributed by atoms with Crippen molar-refractivity contribution in [2.24, 2.45) is 5.92 Å². The van der Waals surface area contributed by atoms with Gasteiger partial charge in [-0.15, -0.1) is 11.3 Å². The van der Waals surface area contributed by atoms with E-state index >= 15 is 0 Å². The van der Waals surface area contributed by atoms with E-state index in [2.05, 4.69) is 17.2 Å². The Balaban J connectivity index is 1.74. The smallest absolute Gasteiger partial charge is 0.254 e. The van der Waals surface area contributed by atoms with Crippen molar-refractivity contribution in [2.45, 2.75) is 19.3 Å². The van der Waals surface area contributed by atoms with E-state index in [0.717, 1.165) is 41.9 Å². The molecule has 1 fully saturated rings. The standard InChI is InChI=1S/C19H20N2O2S/c1-20-18(22)15-7-5-6-14(8-9-15)17-12-16(13-24-17)19(23)21-10-3-2-4-11-21/h6,8-9,12-13,15H,2-4,10-11H2,1H3,(H,20,22). The zero-order valence-corrected chi connectivity index (χ0v) is 14.5. The van der Waals surface area contributed by atoms with Crippen LogP contribution in [0.25, 0.3) is 5.57 Å². The highest BCUT2D eigenvalue weighted by Crippen LogP contribution is 2.27. The summed E-state index contributed by atoms with van der Waals surface area (Å²) < 4.78 is 0. The molecule has 1 aromatic heterocycles. The van der Waals surface area contributed by atoms with Crippen LogP contribution in [-0.4, -0.2) is 36.9 Å². The molecule has 1 atom stereocenters. The van der Waals surface area contributed by atoms with Crippen molar-refractivity contribution in [2.75, 3.05) is 20.1 Å². The maximum absolute atomic E-state index is 12.6. The Kier molecular flexibility index (Phi) is 5.17. The number of likely N-dealkylation sites (tertiary alicyclic amines) is 1. The number of carbonyl (C=O) groups is 2. The summed E-state index contributed by atoms with van der Waals surface area (Å²) in [6.45, 7) is 1.71. The zero-order valence-electron chi connectivity index (χ0n) is 13.7. The molecule has 0 aromatic carbocycles. The van der Waals surface area contributed by atoms with Crippen molar-refractivity contribution in [3.63, 3.8) is 0 Å². The van der Waals surface area contributed by atoms with Gasteiger partial charge >= 0.3 is 0 Å². The molecule has 1 aromatic rings. The summed E-state index contributed by atoms with van der Waals surface area (Å²) in [5.41, 5.74) is 1.68. The van der Waals surface area contributed by atoms with Crippen molar-refractivity contribution in [1.29, 1.82) is 0 Å². The molecule has 0 radical (unpaired) electrons. The van der Waals surface area contributed by atoms with Crippen LogP contribution in [0.15, 0.2) is 29.7 Å². The predicted octanol–water partition coefficient (Wildman–Crippen LogP) is 2.69. The van der Waals surface area contributed by atoms with E-state index in [1.54, 1.807) is 19.2 Å². The maximum Gasteiger partial charge on any atom is 0.254 e. The third-order valence-corrected chi connectivity index (χ3v) is 5.22. The van der Waals surface area contributed by atoms with Gasteiger partial charge in [0.25, 0.3) is 5.91 Å². The lowest BCUT2D eigenvalue weighted by Crippen LogP contribution is -2.35.